The van der Waals surface area contributed by atoms with Gasteiger partial charge in [0.25, 0.3) is 5.91 Å². The van der Waals surface area contributed by atoms with Gasteiger partial charge >= 0.3 is 0 Å². The van der Waals surface area contributed by atoms with Gasteiger partial charge in [0.2, 0.25) is 5.91 Å². The molecule has 2 aromatic rings. The summed E-state index contributed by atoms with van der Waals surface area (Å²) in [5.74, 6) is 0.0869. The van der Waals surface area contributed by atoms with E-state index in [4.69, 9.17) is 0 Å². The molecule has 138 valence electrons. The molecule has 4 nitrogen and oxygen atoms in total. The van der Waals surface area contributed by atoms with Crippen LogP contribution in [0.4, 0.5) is 5.69 Å². The molecule has 0 fully saturated rings. The molecule has 2 amide bonds. The van der Waals surface area contributed by atoms with Crippen molar-refractivity contribution in [1.82, 2.24) is 5.32 Å². The highest BCUT2D eigenvalue weighted by molar-refractivity contribution is 5.97. The first-order valence-corrected chi connectivity index (χ1v) is 9.20. The van der Waals surface area contributed by atoms with Crippen LogP contribution in [0.15, 0.2) is 48.5 Å². The van der Waals surface area contributed by atoms with Gasteiger partial charge in [-0.3, -0.25) is 9.59 Å². The fourth-order valence-electron chi connectivity index (χ4n) is 3.21. The third-order valence-corrected chi connectivity index (χ3v) is 4.78. The van der Waals surface area contributed by atoms with Crippen LogP contribution in [0.25, 0.3) is 0 Å². The van der Waals surface area contributed by atoms with Crippen molar-refractivity contribution < 1.29 is 9.59 Å². The Labute approximate surface area is 156 Å². The lowest BCUT2D eigenvalue weighted by Crippen LogP contribution is -2.33. The predicted molar refractivity (Wildman–Crippen MR) is 106 cm³/mol. The smallest absolute Gasteiger partial charge is 0.251 e. The summed E-state index contributed by atoms with van der Waals surface area (Å²) in [5.41, 5.74) is 3.26. The van der Waals surface area contributed by atoms with Gasteiger partial charge in [-0.25, -0.2) is 0 Å². The van der Waals surface area contributed by atoms with Gasteiger partial charge in [-0.05, 0) is 36.1 Å². The molecule has 2 rings (SSSR count). The molecule has 4 heteroatoms. The van der Waals surface area contributed by atoms with E-state index in [1.54, 1.807) is 12.1 Å². The topological polar surface area (TPSA) is 58.2 Å². The van der Waals surface area contributed by atoms with Gasteiger partial charge in [0.15, 0.2) is 0 Å². The molecule has 0 saturated heterocycles. The summed E-state index contributed by atoms with van der Waals surface area (Å²) in [6.45, 7) is 7.67. The van der Waals surface area contributed by atoms with E-state index in [1.165, 1.54) is 6.92 Å². The zero-order chi connectivity index (χ0) is 19.1. The van der Waals surface area contributed by atoms with Gasteiger partial charge in [0, 0.05) is 18.2 Å². The van der Waals surface area contributed by atoms with Crippen molar-refractivity contribution in [3.8, 4) is 0 Å². The number of benzene rings is 2. The lowest BCUT2D eigenvalue weighted by Gasteiger charge is -2.27. The van der Waals surface area contributed by atoms with Gasteiger partial charge in [-0.15, -0.1) is 0 Å². The number of amides is 2. The molecule has 0 aliphatic carbocycles. The average Bonchev–Trinajstić information content (AvgIpc) is 2.64. The van der Waals surface area contributed by atoms with Crippen LogP contribution < -0.4 is 10.6 Å². The van der Waals surface area contributed by atoms with E-state index in [2.05, 4.69) is 36.6 Å². The Morgan fingerprint density at radius 3 is 2.23 bits per heavy atom. The number of carbonyl (C=O) groups is 2. The summed E-state index contributed by atoms with van der Waals surface area (Å²) in [7, 11) is 0. The fraction of sp³-hybridized carbons (Fsp3) is 0.364. The maximum absolute atomic E-state index is 12.9. The molecule has 0 aliphatic heterocycles. The Morgan fingerprint density at radius 1 is 1.00 bits per heavy atom. The number of nitrogens with one attached hydrogen (secondary N) is 2. The second kappa shape index (κ2) is 9.18. The molecule has 1 unspecified atom stereocenters. The monoisotopic (exact) mass is 352 g/mol. The molecule has 26 heavy (non-hydrogen) atoms. The summed E-state index contributed by atoms with van der Waals surface area (Å²) in [6.07, 6.45) is 1.97. The van der Waals surface area contributed by atoms with Crippen molar-refractivity contribution >= 4 is 17.5 Å². The van der Waals surface area contributed by atoms with E-state index < -0.39 is 0 Å². The third-order valence-electron chi connectivity index (χ3n) is 4.78. The van der Waals surface area contributed by atoms with E-state index in [0.717, 1.165) is 24.0 Å². The van der Waals surface area contributed by atoms with E-state index in [0.29, 0.717) is 17.2 Å². The molecule has 0 aromatic heterocycles. The Hall–Kier alpha value is -2.62. The fourth-order valence-corrected chi connectivity index (χ4v) is 3.21. The lowest BCUT2D eigenvalue weighted by molar-refractivity contribution is -0.114. The van der Waals surface area contributed by atoms with Gasteiger partial charge < -0.3 is 10.6 Å². The normalized spacial score (nSPS) is 11.9. The second-order valence-electron chi connectivity index (χ2n) is 6.65. The number of hydrogen-bond acceptors (Lipinski definition) is 2. The maximum Gasteiger partial charge on any atom is 0.251 e. The summed E-state index contributed by atoms with van der Waals surface area (Å²) in [4.78, 5) is 24.3. The first kappa shape index (κ1) is 19.7. The van der Waals surface area contributed by atoms with Gasteiger partial charge in [0.1, 0.15) is 0 Å². The Bertz CT molecular complexity index is 752. The van der Waals surface area contributed by atoms with E-state index in [1.807, 2.05) is 31.2 Å². The third kappa shape index (κ3) is 4.94. The first-order valence-electron chi connectivity index (χ1n) is 9.20. The summed E-state index contributed by atoms with van der Waals surface area (Å²) in [6, 6.07) is 15.4. The quantitative estimate of drug-likeness (QED) is 0.747. The number of anilines is 1. The zero-order valence-electron chi connectivity index (χ0n) is 16.0. The molecular weight excluding hydrogens is 324 g/mol. The number of hydrogen-bond donors (Lipinski definition) is 2. The molecule has 2 N–H and O–H groups in total. The minimum absolute atomic E-state index is 0.0378. The van der Waals surface area contributed by atoms with Gasteiger partial charge in [-0.2, -0.15) is 0 Å². The van der Waals surface area contributed by atoms with Gasteiger partial charge in [-0.1, -0.05) is 63.1 Å². The van der Waals surface area contributed by atoms with E-state index in [9.17, 15) is 9.59 Å². The Kier molecular flexibility index (Phi) is 6.96. The number of rotatable bonds is 7. The standard InChI is InChI=1S/C22H28N2O2/c1-5-17(6-2)21(18-10-8-7-9-11-18)24-22(26)19-13-12-15(3)20(14-19)23-16(4)25/h7-14,17,21H,5-6H2,1-4H3,(H,23,25)(H,24,26). The molecule has 0 bridgehead atoms. The summed E-state index contributed by atoms with van der Waals surface area (Å²) >= 11 is 0. The van der Waals surface area contributed by atoms with Crippen LogP contribution in [0.1, 0.15) is 61.1 Å². The summed E-state index contributed by atoms with van der Waals surface area (Å²) in [5, 5.41) is 5.98. The van der Waals surface area contributed by atoms with Crippen molar-refractivity contribution in [2.75, 3.05) is 5.32 Å². The van der Waals surface area contributed by atoms with Crippen LogP contribution in [-0.4, -0.2) is 11.8 Å². The molecule has 0 heterocycles. The van der Waals surface area contributed by atoms with Crippen LogP contribution in [-0.2, 0) is 4.79 Å². The van der Waals surface area contributed by atoms with Crippen molar-refractivity contribution in [2.45, 2.75) is 46.6 Å². The summed E-state index contributed by atoms with van der Waals surface area (Å²) < 4.78 is 0. The van der Waals surface area contributed by atoms with E-state index >= 15 is 0 Å². The number of carbonyl (C=O) groups excluding carboxylic acids is 2. The van der Waals surface area contributed by atoms with Crippen LogP contribution >= 0.6 is 0 Å². The predicted octanol–water partition coefficient (Wildman–Crippen LogP) is 4.86. The molecule has 1 atom stereocenters. The van der Waals surface area contributed by atoms with Crippen LogP contribution in [0.5, 0.6) is 0 Å². The molecular formula is C22H28N2O2. The Balaban J connectivity index is 2.28. The highest BCUT2D eigenvalue weighted by Gasteiger charge is 2.23. The van der Waals surface area contributed by atoms with E-state index in [-0.39, 0.29) is 17.9 Å². The SMILES string of the molecule is CCC(CC)C(NC(=O)c1ccc(C)c(NC(C)=O)c1)c1ccccc1. The van der Waals surface area contributed by atoms with Crippen LogP contribution in [0, 0.1) is 12.8 Å². The largest absolute Gasteiger partial charge is 0.345 e. The first-order chi connectivity index (χ1) is 12.5. The average molecular weight is 352 g/mol. The minimum atomic E-state index is -0.148. The van der Waals surface area contributed by atoms with Crippen molar-refractivity contribution in [3.05, 3.63) is 65.2 Å². The second-order valence-corrected chi connectivity index (χ2v) is 6.65. The Morgan fingerprint density at radius 2 is 1.65 bits per heavy atom. The highest BCUT2D eigenvalue weighted by atomic mass is 16.2. The molecule has 0 radical (unpaired) electrons. The molecule has 0 aliphatic rings. The maximum atomic E-state index is 12.9. The van der Waals surface area contributed by atoms with Gasteiger partial charge in [0.05, 0.1) is 6.04 Å². The molecule has 2 aromatic carbocycles. The number of aryl methyl sites for hydroxylation is 1. The molecule has 0 spiro atoms. The minimum Gasteiger partial charge on any atom is -0.345 e. The highest BCUT2D eigenvalue weighted by Crippen LogP contribution is 2.28. The molecule has 0 saturated carbocycles. The zero-order valence-corrected chi connectivity index (χ0v) is 16.0. The lowest BCUT2D eigenvalue weighted by atomic mass is 9.88. The van der Waals surface area contributed by atoms with Crippen LogP contribution in [0.3, 0.4) is 0 Å². The van der Waals surface area contributed by atoms with Crippen molar-refractivity contribution in [2.24, 2.45) is 5.92 Å². The van der Waals surface area contributed by atoms with Crippen molar-refractivity contribution in [3.63, 3.8) is 0 Å². The van der Waals surface area contributed by atoms with Crippen LogP contribution in [0.2, 0.25) is 0 Å². The van der Waals surface area contributed by atoms with Crippen molar-refractivity contribution in [1.29, 1.82) is 0 Å².